The molecule has 4 amide bonds. The number of carbonyl (C=O) groups is 4. The molecule has 8 nitrogen and oxygen atoms in total. The van der Waals surface area contributed by atoms with Gasteiger partial charge in [-0.1, -0.05) is 30.3 Å². The van der Waals surface area contributed by atoms with E-state index in [2.05, 4.69) is 10.6 Å². The molecule has 2 aliphatic heterocycles. The lowest BCUT2D eigenvalue weighted by molar-refractivity contribution is -0.159. The van der Waals surface area contributed by atoms with Crippen LogP contribution in [0, 0.1) is 11.8 Å². The fraction of sp³-hybridized carbons (Fsp3) is 0.375. The van der Waals surface area contributed by atoms with Crippen molar-refractivity contribution in [1.29, 1.82) is 0 Å². The van der Waals surface area contributed by atoms with Crippen molar-refractivity contribution in [2.24, 2.45) is 11.8 Å². The predicted octanol–water partition coefficient (Wildman–Crippen LogP) is -0.0102. The first kappa shape index (κ1) is 16.0. The van der Waals surface area contributed by atoms with Crippen molar-refractivity contribution in [3.8, 4) is 0 Å². The first-order valence-electron chi connectivity index (χ1n) is 7.54. The van der Waals surface area contributed by atoms with Gasteiger partial charge in [0.15, 0.2) is 0 Å². The SMILES string of the molecule is COC(=O)C1CC(=O)NC2C1C(=O)NC(=O)N2Cc1ccccc1. The molecule has 0 radical (unpaired) electrons. The van der Waals surface area contributed by atoms with Crippen LogP contribution in [-0.4, -0.2) is 42.0 Å². The Morgan fingerprint density at radius 1 is 1.25 bits per heavy atom. The molecule has 2 N–H and O–H groups in total. The zero-order valence-corrected chi connectivity index (χ0v) is 13.0. The van der Waals surface area contributed by atoms with Gasteiger partial charge in [-0.3, -0.25) is 24.6 Å². The number of methoxy groups -OCH3 is 1. The number of amides is 4. The molecule has 24 heavy (non-hydrogen) atoms. The summed E-state index contributed by atoms with van der Waals surface area (Å²) in [5, 5.41) is 4.92. The minimum absolute atomic E-state index is 0.144. The monoisotopic (exact) mass is 331 g/mol. The summed E-state index contributed by atoms with van der Waals surface area (Å²) in [5.74, 6) is -3.40. The highest BCUT2D eigenvalue weighted by Gasteiger charge is 2.52. The van der Waals surface area contributed by atoms with Crippen LogP contribution in [0.25, 0.3) is 0 Å². The van der Waals surface area contributed by atoms with Crippen LogP contribution >= 0.6 is 0 Å². The number of hydrogen-bond acceptors (Lipinski definition) is 5. The van der Waals surface area contributed by atoms with Gasteiger partial charge in [0.25, 0.3) is 0 Å². The molecule has 3 rings (SSSR count). The fourth-order valence-electron chi connectivity index (χ4n) is 3.18. The summed E-state index contributed by atoms with van der Waals surface area (Å²) in [6.45, 7) is 0.204. The molecule has 0 aromatic heterocycles. The van der Waals surface area contributed by atoms with Gasteiger partial charge >= 0.3 is 12.0 Å². The minimum atomic E-state index is -0.917. The fourth-order valence-corrected chi connectivity index (χ4v) is 3.18. The van der Waals surface area contributed by atoms with Gasteiger partial charge in [0, 0.05) is 13.0 Å². The molecule has 0 spiro atoms. The Kier molecular flexibility index (Phi) is 4.20. The minimum Gasteiger partial charge on any atom is -0.469 e. The summed E-state index contributed by atoms with van der Waals surface area (Å²) in [7, 11) is 1.21. The lowest BCUT2D eigenvalue weighted by Crippen LogP contribution is -2.69. The molecule has 126 valence electrons. The van der Waals surface area contributed by atoms with Crippen LogP contribution in [0.2, 0.25) is 0 Å². The van der Waals surface area contributed by atoms with Crippen LogP contribution < -0.4 is 10.6 Å². The second kappa shape index (κ2) is 6.31. The number of esters is 1. The van der Waals surface area contributed by atoms with Crippen LogP contribution in [0.3, 0.4) is 0 Å². The first-order valence-corrected chi connectivity index (χ1v) is 7.54. The molecule has 2 heterocycles. The molecule has 2 saturated heterocycles. The van der Waals surface area contributed by atoms with Crippen molar-refractivity contribution in [2.75, 3.05) is 7.11 Å². The third-order valence-corrected chi connectivity index (χ3v) is 4.32. The first-order chi connectivity index (χ1) is 11.5. The Balaban J connectivity index is 1.92. The molecular formula is C16H17N3O5. The molecular weight excluding hydrogens is 314 g/mol. The van der Waals surface area contributed by atoms with E-state index in [-0.39, 0.29) is 13.0 Å². The van der Waals surface area contributed by atoms with Crippen molar-refractivity contribution in [2.45, 2.75) is 19.1 Å². The van der Waals surface area contributed by atoms with E-state index in [1.807, 2.05) is 30.3 Å². The lowest BCUT2D eigenvalue weighted by atomic mass is 9.81. The van der Waals surface area contributed by atoms with E-state index < -0.39 is 41.8 Å². The van der Waals surface area contributed by atoms with Gasteiger partial charge in [0.1, 0.15) is 6.17 Å². The van der Waals surface area contributed by atoms with Gasteiger partial charge in [0.2, 0.25) is 11.8 Å². The number of carbonyl (C=O) groups excluding carboxylic acids is 4. The number of fused-ring (bicyclic) bond motifs is 1. The third-order valence-electron chi connectivity index (χ3n) is 4.32. The van der Waals surface area contributed by atoms with Gasteiger partial charge in [0.05, 0.1) is 18.9 Å². The molecule has 0 aliphatic carbocycles. The van der Waals surface area contributed by atoms with E-state index >= 15 is 0 Å². The van der Waals surface area contributed by atoms with Crippen LogP contribution in [-0.2, 0) is 25.7 Å². The van der Waals surface area contributed by atoms with Crippen LogP contribution in [0.4, 0.5) is 4.79 Å². The van der Waals surface area contributed by atoms with Crippen molar-refractivity contribution in [3.63, 3.8) is 0 Å². The van der Waals surface area contributed by atoms with E-state index in [0.717, 1.165) is 5.56 Å². The summed E-state index contributed by atoms with van der Waals surface area (Å²) in [5.41, 5.74) is 0.843. The summed E-state index contributed by atoms with van der Waals surface area (Å²) in [4.78, 5) is 49.8. The highest BCUT2D eigenvalue weighted by Crippen LogP contribution is 2.31. The number of rotatable bonds is 3. The summed E-state index contributed by atoms with van der Waals surface area (Å²) in [6, 6.07) is 8.58. The number of imide groups is 1. The number of benzene rings is 1. The Bertz CT molecular complexity index is 690. The maximum Gasteiger partial charge on any atom is 0.326 e. The third kappa shape index (κ3) is 2.82. The van der Waals surface area contributed by atoms with Crippen LogP contribution in [0.15, 0.2) is 30.3 Å². The maximum atomic E-state index is 12.3. The van der Waals surface area contributed by atoms with Crippen LogP contribution in [0.5, 0.6) is 0 Å². The standard InChI is InChI=1S/C16H17N3O5/c1-24-15(22)10-7-11(20)17-13-12(10)14(21)18-16(23)19(13)8-9-5-3-2-4-6-9/h2-6,10,12-13H,7-8H2,1H3,(H,17,20)(H,18,21,23). The average molecular weight is 331 g/mol. The van der Waals surface area contributed by atoms with Gasteiger partial charge in [-0.05, 0) is 5.56 Å². The molecule has 3 unspecified atom stereocenters. The molecule has 1 aromatic carbocycles. The predicted molar refractivity (Wildman–Crippen MR) is 81.1 cm³/mol. The Morgan fingerprint density at radius 3 is 2.62 bits per heavy atom. The highest BCUT2D eigenvalue weighted by atomic mass is 16.5. The van der Waals surface area contributed by atoms with E-state index in [1.165, 1.54) is 12.0 Å². The Labute approximate surface area is 138 Å². The summed E-state index contributed by atoms with van der Waals surface area (Å²) >= 11 is 0. The van der Waals surface area contributed by atoms with Crippen molar-refractivity contribution >= 4 is 23.8 Å². The van der Waals surface area contributed by atoms with Gasteiger partial charge < -0.3 is 10.1 Å². The largest absolute Gasteiger partial charge is 0.469 e. The van der Waals surface area contributed by atoms with E-state index in [4.69, 9.17) is 4.74 Å². The average Bonchev–Trinajstić information content (AvgIpc) is 2.57. The van der Waals surface area contributed by atoms with Crippen molar-refractivity contribution in [1.82, 2.24) is 15.5 Å². The number of urea groups is 1. The number of nitrogens with zero attached hydrogens (tertiary/aromatic N) is 1. The molecule has 0 saturated carbocycles. The van der Waals surface area contributed by atoms with Gasteiger partial charge in [-0.15, -0.1) is 0 Å². The van der Waals surface area contributed by atoms with Gasteiger partial charge in [-0.2, -0.15) is 0 Å². The zero-order chi connectivity index (χ0) is 17.3. The molecule has 1 aromatic rings. The van der Waals surface area contributed by atoms with Gasteiger partial charge in [-0.25, -0.2) is 4.79 Å². The van der Waals surface area contributed by atoms with E-state index in [0.29, 0.717) is 0 Å². The molecule has 2 fully saturated rings. The zero-order valence-electron chi connectivity index (χ0n) is 13.0. The number of nitrogens with one attached hydrogen (secondary N) is 2. The van der Waals surface area contributed by atoms with Crippen molar-refractivity contribution in [3.05, 3.63) is 35.9 Å². The number of piperidine rings is 1. The molecule has 2 aliphatic rings. The molecule has 3 atom stereocenters. The van der Waals surface area contributed by atoms with Crippen LogP contribution in [0.1, 0.15) is 12.0 Å². The molecule has 0 bridgehead atoms. The number of hydrogen-bond donors (Lipinski definition) is 2. The Hall–Kier alpha value is -2.90. The Morgan fingerprint density at radius 2 is 1.96 bits per heavy atom. The second-order valence-corrected chi connectivity index (χ2v) is 5.78. The van der Waals surface area contributed by atoms with E-state index in [9.17, 15) is 19.2 Å². The highest BCUT2D eigenvalue weighted by molar-refractivity contribution is 6.02. The normalized spacial score (nSPS) is 26.3. The smallest absolute Gasteiger partial charge is 0.326 e. The lowest BCUT2D eigenvalue weighted by Gasteiger charge is -2.45. The van der Waals surface area contributed by atoms with E-state index in [1.54, 1.807) is 0 Å². The molecule has 8 heteroatoms. The van der Waals surface area contributed by atoms with Crippen molar-refractivity contribution < 1.29 is 23.9 Å². The maximum absolute atomic E-state index is 12.3. The quantitative estimate of drug-likeness (QED) is 0.758. The topological polar surface area (TPSA) is 105 Å². The summed E-state index contributed by atoms with van der Waals surface area (Å²) < 4.78 is 4.71. The summed E-state index contributed by atoms with van der Waals surface area (Å²) in [6.07, 6.45) is -1.02. The number of ether oxygens (including phenoxy) is 1. The second-order valence-electron chi connectivity index (χ2n) is 5.78.